The summed E-state index contributed by atoms with van der Waals surface area (Å²) in [6, 6.07) is 8.06. The minimum absolute atomic E-state index is 0.0413. The summed E-state index contributed by atoms with van der Waals surface area (Å²) >= 11 is 0. The molecule has 2 N–H and O–H groups in total. The fraction of sp³-hybridized carbons (Fsp3) is 0.500. The van der Waals surface area contributed by atoms with Crippen molar-refractivity contribution in [2.45, 2.75) is 58.4 Å². The molecule has 4 heterocycles. The first-order valence-electron chi connectivity index (χ1n) is 12.9. The number of nitrogens with zero attached hydrogens (tertiary/aromatic N) is 5. The van der Waals surface area contributed by atoms with Crippen LogP contribution in [0.25, 0.3) is 22.2 Å². The second-order valence-corrected chi connectivity index (χ2v) is 9.88. The van der Waals surface area contributed by atoms with E-state index in [0.29, 0.717) is 5.56 Å². The highest BCUT2D eigenvalue weighted by Crippen LogP contribution is 2.33. The molecule has 36 heavy (non-hydrogen) atoms. The molecule has 2 aliphatic rings. The van der Waals surface area contributed by atoms with Gasteiger partial charge in [0.25, 0.3) is 0 Å². The van der Waals surface area contributed by atoms with Crippen molar-refractivity contribution in [1.29, 1.82) is 5.26 Å². The molecule has 3 aromatic rings. The van der Waals surface area contributed by atoms with Gasteiger partial charge in [-0.25, -0.2) is 14.4 Å². The summed E-state index contributed by atoms with van der Waals surface area (Å²) in [5.74, 6) is -0.112. The Morgan fingerprint density at radius 2 is 1.97 bits per heavy atom. The molecular formula is C28H35FN6O. The van der Waals surface area contributed by atoms with Crippen molar-refractivity contribution < 1.29 is 9.13 Å². The first kappa shape index (κ1) is 25.9. The SMILES string of the molecule is C1CCOCC1.CC(C)c1c(CN2CCCC(C#N)C2)cnc2ccc(-c3nc(N)ncc3F)cc12. The third kappa shape index (κ3) is 6.34. The van der Waals surface area contributed by atoms with Gasteiger partial charge in [-0.1, -0.05) is 19.9 Å². The average molecular weight is 491 g/mol. The van der Waals surface area contributed by atoms with Gasteiger partial charge in [0.1, 0.15) is 5.69 Å². The predicted octanol–water partition coefficient (Wildman–Crippen LogP) is 5.46. The lowest BCUT2D eigenvalue weighted by molar-refractivity contribution is 0.0968. The Morgan fingerprint density at radius 3 is 2.64 bits per heavy atom. The average Bonchev–Trinajstić information content (AvgIpc) is 2.91. The van der Waals surface area contributed by atoms with Crippen molar-refractivity contribution in [2.75, 3.05) is 32.0 Å². The van der Waals surface area contributed by atoms with Crippen molar-refractivity contribution >= 4 is 16.9 Å². The summed E-state index contributed by atoms with van der Waals surface area (Å²) in [6.45, 7) is 8.84. The molecule has 5 rings (SSSR count). The number of benzene rings is 1. The van der Waals surface area contributed by atoms with E-state index < -0.39 is 5.82 Å². The molecule has 1 aromatic carbocycles. The van der Waals surface area contributed by atoms with Crippen LogP contribution in [0.15, 0.2) is 30.6 Å². The van der Waals surface area contributed by atoms with Crippen LogP contribution in [0.5, 0.6) is 0 Å². The number of aromatic nitrogens is 3. The molecule has 0 saturated carbocycles. The molecule has 7 nitrogen and oxygen atoms in total. The van der Waals surface area contributed by atoms with Gasteiger partial charge < -0.3 is 10.5 Å². The van der Waals surface area contributed by atoms with Gasteiger partial charge in [0, 0.05) is 43.4 Å². The summed E-state index contributed by atoms with van der Waals surface area (Å²) in [5, 5.41) is 10.3. The normalized spacial score (nSPS) is 18.5. The number of nitrogen functional groups attached to an aromatic ring is 1. The number of nitriles is 1. The first-order valence-corrected chi connectivity index (χ1v) is 12.9. The molecule has 1 atom stereocenters. The van der Waals surface area contributed by atoms with Gasteiger partial charge in [-0.05, 0) is 67.8 Å². The molecule has 2 aromatic heterocycles. The molecule has 0 amide bonds. The van der Waals surface area contributed by atoms with Crippen LogP contribution in [0.2, 0.25) is 0 Å². The fourth-order valence-corrected chi connectivity index (χ4v) is 5.03. The summed E-state index contributed by atoms with van der Waals surface area (Å²) < 4.78 is 19.4. The Morgan fingerprint density at radius 1 is 1.17 bits per heavy atom. The quantitative estimate of drug-likeness (QED) is 0.518. The summed E-state index contributed by atoms with van der Waals surface area (Å²) in [6.07, 6.45) is 8.98. The molecule has 0 bridgehead atoms. The smallest absolute Gasteiger partial charge is 0.220 e. The number of anilines is 1. The molecule has 2 aliphatic heterocycles. The zero-order valence-electron chi connectivity index (χ0n) is 21.2. The molecule has 190 valence electrons. The number of nitrogens with two attached hydrogens (primary N) is 1. The minimum atomic E-state index is -0.505. The summed E-state index contributed by atoms with van der Waals surface area (Å²) in [4.78, 5) is 14.8. The third-order valence-corrected chi connectivity index (χ3v) is 6.77. The van der Waals surface area contributed by atoms with E-state index >= 15 is 0 Å². The van der Waals surface area contributed by atoms with Crippen molar-refractivity contribution in [3.63, 3.8) is 0 Å². The number of halogens is 1. The monoisotopic (exact) mass is 490 g/mol. The lowest BCUT2D eigenvalue weighted by Crippen LogP contribution is -2.34. The lowest BCUT2D eigenvalue weighted by Gasteiger charge is -2.30. The molecule has 2 saturated heterocycles. The minimum Gasteiger partial charge on any atom is -0.381 e. The first-order chi connectivity index (χ1) is 17.5. The Labute approximate surface area is 212 Å². The fourth-order valence-electron chi connectivity index (χ4n) is 5.03. The topological polar surface area (TPSA) is 101 Å². The van der Waals surface area contributed by atoms with Crippen LogP contribution in [0.1, 0.15) is 63.0 Å². The molecule has 0 spiro atoms. The standard InChI is InChI=1S/C23H25FN6.C5H10O/c1-14(2)21-17(13-30-7-3-4-15(9-25)12-30)10-27-20-6-5-16(8-18(20)21)22-19(24)11-28-23(26)29-22;1-2-4-6-5-3-1/h5-6,8,10-11,14-15H,3-4,7,12-13H2,1-2H3,(H2,26,28,29);1-5H2. The lowest BCUT2D eigenvalue weighted by atomic mass is 9.91. The van der Waals surface area contributed by atoms with Crippen LogP contribution in [0.4, 0.5) is 10.3 Å². The van der Waals surface area contributed by atoms with Gasteiger partial charge in [0.05, 0.1) is 23.7 Å². The van der Waals surface area contributed by atoms with Crippen LogP contribution in [0.3, 0.4) is 0 Å². The van der Waals surface area contributed by atoms with Crippen LogP contribution in [-0.4, -0.2) is 46.2 Å². The number of piperidine rings is 1. The number of rotatable bonds is 4. The highest BCUT2D eigenvalue weighted by molar-refractivity contribution is 5.88. The van der Waals surface area contributed by atoms with Crippen molar-refractivity contribution in [3.8, 4) is 17.3 Å². The van der Waals surface area contributed by atoms with Crippen molar-refractivity contribution in [3.05, 3.63) is 47.5 Å². The largest absolute Gasteiger partial charge is 0.381 e. The van der Waals surface area contributed by atoms with Crippen molar-refractivity contribution in [1.82, 2.24) is 19.9 Å². The van der Waals surface area contributed by atoms with E-state index in [-0.39, 0.29) is 23.5 Å². The third-order valence-electron chi connectivity index (χ3n) is 6.77. The molecular weight excluding hydrogens is 455 g/mol. The number of hydrogen-bond acceptors (Lipinski definition) is 7. The molecule has 1 unspecified atom stereocenters. The molecule has 2 fully saturated rings. The number of likely N-dealkylation sites (tertiary alicyclic amines) is 1. The summed E-state index contributed by atoms with van der Waals surface area (Å²) in [7, 11) is 0. The molecule has 0 aliphatic carbocycles. The van der Waals surface area contributed by atoms with Crippen LogP contribution in [0, 0.1) is 23.1 Å². The summed E-state index contributed by atoms with van der Waals surface area (Å²) in [5.41, 5.74) is 9.73. The predicted molar refractivity (Wildman–Crippen MR) is 140 cm³/mol. The van der Waals surface area contributed by atoms with E-state index in [2.05, 4.69) is 39.8 Å². The van der Waals surface area contributed by atoms with E-state index in [4.69, 9.17) is 10.5 Å². The molecule has 8 heteroatoms. The number of hydrogen-bond donors (Lipinski definition) is 1. The van der Waals surface area contributed by atoms with Gasteiger partial charge in [-0.3, -0.25) is 9.88 Å². The second-order valence-electron chi connectivity index (χ2n) is 9.88. The zero-order valence-corrected chi connectivity index (χ0v) is 21.2. The van der Waals surface area contributed by atoms with E-state index in [0.717, 1.165) is 68.4 Å². The number of pyridine rings is 1. The van der Waals surface area contributed by atoms with E-state index in [1.165, 1.54) is 24.8 Å². The van der Waals surface area contributed by atoms with Gasteiger partial charge in [0.15, 0.2) is 5.82 Å². The Hall–Kier alpha value is -3.15. The maximum absolute atomic E-state index is 14.3. The Balaban J connectivity index is 0.000000445. The maximum atomic E-state index is 14.3. The van der Waals surface area contributed by atoms with Crippen LogP contribution < -0.4 is 5.73 Å². The number of fused-ring (bicyclic) bond motifs is 1. The molecule has 0 radical (unpaired) electrons. The zero-order chi connectivity index (χ0) is 25.5. The van der Waals surface area contributed by atoms with E-state index in [1.54, 1.807) is 0 Å². The van der Waals surface area contributed by atoms with E-state index in [1.807, 2.05) is 24.4 Å². The van der Waals surface area contributed by atoms with Crippen LogP contribution >= 0.6 is 0 Å². The Kier molecular flexibility index (Phi) is 8.79. The maximum Gasteiger partial charge on any atom is 0.220 e. The second kappa shape index (κ2) is 12.2. The van der Waals surface area contributed by atoms with Crippen molar-refractivity contribution in [2.24, 2.45) is 5.92 Å². The number of ether oxygens (including phenoxy) is 1. The van der Waals surface area contributed by atoms with Gasteiger partial charge in [0.2, 0.25) is 5.95 Å². The van der Waals surface area contributed by atoms with E-state index in [9.17, 15) is 9.65 Å². The highest BCUT2D eigenvalue weighted by Gasteiger charge is 2.22. The van der Waals surface area contributed by atoms with Gasteiger partial charge in [-0.15, -0.1) is 0 Å². The van der Waals surface area contributed by atoms with Gasteiger partial charge in [-0.2, -0.15) is 5.26 Å². The van der Waals surface area contributed by atoms with Crippen LogP contribution in [-0.2, 0) is 11.3 Å². The highest BCUT2D eigenvalue weighted by atomic mass is 19.1. The van der Waals surface area contributed by atoms with Gasteiger partial charge >= 0.3 is 0 Å². The Bertz CT molecular complexity index is 1210.